The fourth-order valence-electron chi connectivity index (χ4n) is 4.39. The maximum Gasteiger partial charge on any atom is 0.300 e. The molecule has 192 valence electrons. The Bertz CT molecular complexity index is 1350. The number of nitrogens with zero attached hydrogens (tertiary/aromatic N) is 1. The molecule has 4 rings (SSSR count). The molecular formula is C30H30ClNO5. The monoisotopic (exact) mass is 519 g/mol. The van der Waals surface area contributed by atoms with Gasteiger partial charge in [0.05, 0.1) is 30.4 Å². The van der Waals surface area contributed by atoms with Gasteiger partial charge in [-0.1, -0.05) is 56.6 Å². The molecule has 1 heterocycles. The Morgan fingerprint density at radius 3 is 2.22 bits per heavy atom. The molecule has 0 radical (unpaired) electrons. The molecule has 0 saturated carbocycles. The Morgan fingerprint density at radius 1 is 1.00 bits per heavy atom. The van der Waals surface area contributed by atoms with Crippen molar-refractivity contribution < 1.29 is 24.2 Å². The number of hydrogen-bond acceptors (Lipinski definition) is 5. The van der Waals surface area contributed by atoms with E-state index in [9.17, 15) is 14.7 Å². The van der Waals surface area contributed by atoms with E-state index in [1.165, 1.54) is 4.90 Å². The Balaban J connectivity index is 1.90. The lowest BCUT2D eigenvalue weighted by Gasteiger charge is -2.27. The number of methoxy groups -OCH3 is 1. The van der Waals surface area contributed by atoms with Crippen LogP contribution in [0.2, 0.25) is 5.02 Å². The number of Topliss-reactive ketones (excluding diaryl/α,β-unsaturated/α-hetero) is 1. The number of carbonyl (C=O) groups excluding carboxylic acids is 2. The van der Waals surface area contributed by atoms with Gasteiger partial charge in [0, 0.05) is 11.3 Å². The highest BCUT2D eigenvalue weighted by Crippen LogP contribution is 2.43. The molecule has 37 heavy (non-hydrogen) atoms. The van der Waals surface area contributed by atoms with E-state index in [-0.39, 0.29) is 16.7 Å². The third kappa shape index (κ3) is 5.07. The highest BCUT2D eigenvalue weighted by atomic mass is 35.5. The third-order valence-electron chi connectivity index (χ3n) is 6.39. The molecule has 0 aliphatic carbocycles. The second kappa shape index (κ2) is 10.3. The standard InChI is InChI=1S/C30H30ClNO5/c1-6-37-24-17-19(9-16-23(24)31)27(33)25-26(18-7-14-22(36-5)15-8-18)32(29(35)28(25)34)21-12-10-20(11-13-21)30(2,3)4/h7-17,26,33H,6H2,1-5H3/b27-25-. The fourth-order valence-corrected chi connectivity index (χ4v) is 4.57. The van der Waals surface area contributed by atoms with E-state index in [1.807, 2.05) is 31.2 Å². The summed E-state index contributed by atoms with van der Waals surface area (Å²) in [7, 11) is 1.56. The summed E-state index contributed by atoms with van der Waals surface area (Å²) in [5.74, 6) is -0.780. The summed E-state index contributed by atoms with van der Waals surface area (Å²) in [6, 6.07) is 18.5. The summed E-state index contributed by atoms with van der Waals surface area (Å²) < 4.78 is 10.8. The smallest absolute Gasteiger partial charge is 0.300 e. The molecule has 0 spiro atoms. The number of benzene rings is 3. The largest absolute Gasteiger partial charge is 0.507 e. The summed E-state index contributed by atoms with van der Waals surface area (Å²) in [6.45, 7) is 8.52. The maximum atomic E-state index is 13.4. The lowest BCUT2D eigenvalue weighted by Crippen LogP contribution is -2.29. The fraction of sp³-hybridized carbons (Fsp3) is 0.267. The van der Waals surface area contributed by atoms with Gasteiger partial charge < -0.3 is 14.6 Å². The van der Waals surface area contributed by atoms with Gasteiger partial charge in [-0.05, 0) is 65.9 Å². The van der Waals surface area contributed by atoms with Crippen LogP contribution in [0.25, 0.3) is 5.76 Å². The summed E-state index contributed by atoms with van der Waals surface area (Å²) >= 11 is 6.23. The van der Waals surface area contributed by atoms with Gasteiger partial charge in [0.2, 0.25) is 0 Å². The highest BCUT2D eigenvalue weighted by Gasteiger charge is 2.47. The molecule has 1 aliphatic heterocycles. The lowest BCUT2D eigenvalue weighted by atomic mass is 9.87. The van der Waals surface area contributed by atoms with Crippen molar-refractivity contribution in [2.45, 2.75) is 39.2 Å². The van der Waals surface area contributed by atoms with E-state index in [2.05, 4.69) is 20.8 Å². The van der Waals surface area contributed by atoms with Crippen molar-refractivity contribution in [3.8, 4) is 11.5 Å². The van der Waals surface area contributed by atoms with Gasteiger partial charge in [-0.25, -0.2) is 0 Å². The Labute approximate surface area is 222 Å². The summed E-state index contributed by atoms with van der Waals surface area (Å²) in [5.41, 5.74) is 2.54. The van der Waals surface area contributed by atoms with Crippen LogP contribution in [0.5, 0.6) is 11.5 Å². The van der Waals surface area contributed by atoms with Crippen molar-refractivity contribution >= 4 is 34.7 Å². The van der Waals surface area contributed by atoms with Crippen LogP contribution in [0.3, 0.4) is 0 Å². The van der Waals surface area contributed by atoms with Gasteiger partial charge in [-0.3, -0.25) is 14.5 Å². The van der Waals surface area contributed by atoms with E-state index in [0.717, 1.165) is 5.56 Å². The van der Waals surface area contributed by atoms with Crippen LogP contribution in [-0.2, 0) is 15.0 Å². The zero-order chi connectivity index (χ0) is 26.9. The lowest BCUT2D eigenvalue weighted by molar-refractivity contribution is -0.132. The minimum Gasteiger partial charge on any atom is -0.507 e. The molecule has 6 nitrogen and oxygen atoms in total. The van der Waals surface area contributed by atoms with Gasteiger partial charge in [0.15, 0.2) is 0 Å². The van der Waals surface area contributed by atoms with Gasteiger partial charge in [0.1, 0.15) is 17.3 Å². The quantitative estimate of drug-likeness (QED) is 0.223. The van der Waals surface area contributed by atoms with Gasteiger partial charge in [0.25, 0.3) is 11.7 Å². The number of aliphatic hydroxyl groups excluding tert-OH is 1. The van der Waals surface area contributed by atoms with Crippen LogP contribution >= 0.6 is 11.6 Å². The van der Waals surface area contributed by atoms with E-state index in [4.69, 9.17) is 21.1 Å². The minimum absolute atomic E-state index is 0.0140. The average Bonchev–Trinajstić information content (AvgIpc) is 3.15. The molecule has 1 saturated heterocycles. The second-order valence-corrected chi connectivity index (χ2v) is 10.2. The van der Waals surface area contributed by atoms with E-state index >= 15 is 0 Å². The first kappa shape index (κ1) is 26.3. The molecule has 3 aromatic rings. The van der Waals surface area contributed by atoms with Crippen molar-refractivity contribution in [3.05, 3.63) is 94.0 Å². The topological polar surface area (TPSA) is 76.1 Å². The molecule has 7 heteroatoms. The van der Waals surface area contributed by atoms with Gasteiger partial charge >= 0.3 is 0 Å². The molecule has 0 bridgehead atoms. The maximum absolute atomic E-state index is 13.4. The molecule has 3 aromatic carbocycles. The summed E-state index contributed by atoms with van der Waals surface area (Å²) in [5, 5.41) is 11.8. The zero-order valence-electron chi connectivity index (χ0n) is 21.5. The molecule has 1 N–H and O–H groups in total. The Hall–Kier alpha value is -3.77. The number of halogens is 1. The molecule has 1 unspecified atom stereocenters. The highest BCUT2D eigenvalue weighted by molar-refractivity contribution is 6.51. The summed E-state index contributed by atoms with van der Waals surface area (Å²) in [4.78, 5) is 28.3. The summed E-state index contributed by atoms with van der Waals surface area (Å²) in [6.07, 6.45) is 0. The molecular weight excluding hydrogens is 490 g/mol. The number of ether oxygens (including phenoxy) is 2. The van der Waals surface area contributed by atoms with E-state index in [0.29, 0.717) is 39.9 Å². The van der Waals surface area contributed by atoms with Crippen molar-refractivity contribution in [1.82, 2.24) is 0 Å². The van der Waals surface area contributed by atoms with Crippen molar-refractivity contribution in [3.63, 3.8) is 0 Å². The molecule has 1 aliphatic rings. The number of carbonyl (C=O) groups is 2. The number of ketones is 1. The first-order chi connectivity index (χ1) is 17.6. The van der Waals surface area contributed by atoms with Crippen molar-refractivity contribution in [2.24, 2.45) is 0 Å². The predicted molar refractivity (Wildman–Crippen MR) is 146 cm³/mol. The Morgan fingerprint density at radius 2 is 1.65 bits per heavy atom. The number of rotatable bonds is 6. The van der Waals surface area contributed by atoms with E-state index in [1.54, 1.807) is 49.6 Å². The molecule has 1 atom stereocenters. The van der Waals surface area contributed by atoms with E-state index < -0.39 is 17.7 Å². The first-order valence-corrected chi connectivity index (χ1v) is 12.4. The number of hydrogen-bond donors (Lipinski definition) is 1. The van der Waals surface area contributed by atoms with Gasteiger partial charge in [-0.15, -0.1) is 0 Å². The third-order valence-corrected chi connectivity index (χ3v) is 6.70. The van der Waals surface area contributed by atoms with Crippen molar-refractivity contribution in [1.29, 1.82) is 0 Å². The molecule has 1 amide bonds. The first-order valence-electron chi connectivity index (χ1n) is 12.0. The van der Waals surface area contributed by atoms with Crippen LogP contribution < -0.4 is 14.4 Å². The second-order valence-electron chi connectivity index (χ2n) is 9.82. The number of aliphatic hydroxyl groups is 1. The zero-order valence-corrected chi connectivity index (χ0v) is 22.3. The van der Waals surface area contributed by atoms with Crippen LogP contribution in [-0.4, -0.2) is 30.5 Å². The van der Waals surface area contributed by atoms with Crippen molar-refractivity contribution in [2.75, 3.05) is 18.6 Å². The van der Waals surface area contributed by atoms with Crippen LogP contribution in [0.4, 0.5) is 5.69 Å². The van der Waals surface area contributed by atoms with Crippen LogP contribution in [0.15, 0.2) is 72.3 Å². The van der Waals surface area contributed by atoms with Crippen LogP contribution in [0.1, 0.15) is 50.4 Å². The minimum atomic E-state index is -0.849. The molecule has 0 aromatic heterocycles. The van der Waals surface area contributed by atoms with Crippen LogP contribution in [0, 0.1) is 0 Å². The number of amides is 1. The Kier molecular flexibility index (Phi) is 7.32. The predicted octanol–water partition coefficient (Wildman–Crippen LogP) is 6.67. The molecule has 1 fully saturated rings. The SMILES string of the molecule is CCOc1cc(/C(O)=C2/C(=O)C(=O)N(c3ccc(C(C)(C)C)cc3)C2c2ccc(OC)cc2)ccc1Cl. The average molecular weight is 520 g/mol. The van der Waals surface area contributed by atoms with Gasteiger partial charge in [-0.2, -0.15) is 0 Å². The normalized spacial score (nSPS) is 17.2. The number of anilines is 1.